The first-order chi connectivity index (χ1) is 9.60. The molecule has 0 aliphatic carbocycles. The first kappa shape index (κ1) is 15.4. The van der Waals surface area contributed by atoms with Gasteiger partial charge in [0, 0.05) is 36.3 Å². The van der Waals surface area contributed by atoms with E-state index in [2.05, 4.69) is 42.4 Å². The molecular formula is C17H23ClN2. The summed E-state index contributed by atoms with van der Waals surface area (Å²) >= 11 is 5.98. The highest BCUT2D eigenvalue weighted by Crippen LogP contribution is 2.13. The van der Waals surface area contributed by atoms with Crippen LogP contribution in [-0.4, -0.2) is 48.1 Å². The molecule has 1 heterocycles. The summed E-state index contributed by atoms with van der Waals surface area (Å²) in [6.07, 6.45) is 0. The van der Waals surface area contributed by atoms with E-state index in [4.69, 9.17) is 11.6 Å². The molecule has 0 saturated carbocycles. The van der Waals surface area contributed by atoms with Crippen molar-refractivity contribution in [3.63, 3.8) is 0 Å². The second-order valence-corrected chi connectivity index (χ2v) is 5.87. The largest absolute Gasteiger partial charge is 0.301 e. The van der Waals surface area contributed by atoms with Crippen molar-refractivity contribution >= 4 is 11.6 Å². The van der Waals surface area contributed by atoms with Gasteiger partial charge in [-0.2, -0.15) is 0 Å². The van der Waals surface area contributed by atoms with Gasteiger partial charge in [-0.25, -0.2) is 0 Å². The Morgan fingerprint density at radius 3 is 2.85 bits per heavy atom. The van der Waals surface area contributed by atoms with Crippen LogP contribution in [0.25, 0.3) is 0 Å². The Kier molecular flexibility index (Phi) is 5.48. The molecule has 0 radical (unpaired) electrons. The summed E-state index contributed by atoms with van der Waals surface area (Å²) in [6.45, 7) is 11.2. The van der Waals surface area contributed by atoms with Crippen LogP contribution in [0.15, 0.2) is 24.3 Å². The number of nitrogens with zero attached hydrogens (tertiary/aromatic N) is 2. The minimum Gasteiger partial charge on any atom is -0.301 e. The average Bonchev–Trinajstić information content (AvgIpc) is 2.44. The molecule has 2 nitrogen and oxygen atoms in total. The van der Waals surface area contributed by atoms with Crippen LogP contribution in [0, 0.1) is 11.8 Å². The number of hydrogen-bond donors (Lipinski definition) is 0. The standard InChI is InChI=1S/C17H23ClN2/c1-4-19-10-11-20(15(3)13-19)14(2)8-9-16-6-5-7-17(18)12-16/h5-7,12,14-15H,4,10-11,13H2,1-3H3/t14-,15+/m1/s1. The van der Waals surface area contributed by atoms with Gasteiger partial charge < -0.3 is 4.90 Å². The number of hydrogen-bond acceptors (Lipinski definition) is 2. The van der Waals surface area contributed by atoms with E-state index in [1.165, 1.54) is 0 Å². The highest BCUT2D eigenvalue weighted by molar-refractivity contribution is 6.30. The maximum Gasteiger partial charge on any atom is 0.0692 e. The molecule has 1 aromatic carbocycles. The first-order valence-corrected chi connectivity index (χ1v) is 7.73. The van der Waals surface area contributed by atoms with Crippen LogP contribution in [0.2, 0.25) is 5.02 Å². The monoisotopic (exact) mass is 290 g/mol. The fourth-order valence-corrected chi connectivity index (χ4v) is 2.94. The zero-order valence-electron chi connectivity index (χ0n) is 12.6. The van der Waals surface area contributed by atoms with Crippen molar-refractivity contribution in [1.29, 1.82) is 0 Å². The van der Waals surface area contributed by atoms with E-state index < -0.39 is 0 Å². The van der Waals surface area contributed by atoms with Gasteiger partial charge in [0.05, 0.1) is 6.04 Å². The van der Waals surface area contributed by atoms with Crippen molar-refractivity contribution in [2.45, 2.75) is 32.9 Å². The Labute approximate surface area is 127 Å². The molecule has 0 N–H and O–H groups in total. The molecule has 0 aromatic heterocycles. The number of rotatable bonds is 2. The highest BCUT2D eigenvalue weighted by atomic mass is 35.5. The number of piperazine rings is 1. The molecule has 108 valence electrons. The molecule has 0 unspecified atom stereocenters. The number of halogens is 1. The van der Waals surface area contributed by atoms with E-state index in [-0.39, 0.29) is 6.04 Å². The molecule has 1 saturated heterocycles. The molecule has 0 amide bonds. The van der Waals surface area contributed by atoms with E-state index in [1.807, 2.05) is 24.3 Å². The normalized spacial score (nSPS) is 22.1. The highest BCUT2D eigenvalue weighted by Gasteiger charge is 2.25. The van der Waals surface area contributed by atoms with Crippen molar-refractivity contribution < 1.29 is 0 Å². The second kappa shape index (κ2) is 7.13. The van der Waals surface area contributed by atoms with E-state index >= 15 is 0 Å². The predicted octanol–water partition coefficient (Wildman–Crippen LogP) is 3.11. The van der Waals surface area contributed by atoms with Crippen LogP contribution in [0.3, 0.4) is 0 Å². The van der Waals surface area contributed by atoms with Crippen molar-refractivity contribution in [3.8, 4) is 11.8 Å². The van der Waals surface area contributed by atoms with Gasteiger partial charge in [0.1, 0.15) is 0 Å². The van der Waals surface area contributed by atoms with Crippen molar-refractivity contribution in [2.75, 3.05) is 26.2 Å². The molecule has 1 aliphatic heterocycles. The lowest BCUT2D eigenvalue weighted by molar-refractivity contribution is 0.0742. The Morgan fingerprint density at radius 1 is 1.40 bits per heavy atom. The van der Waals surface area contributed by atoms with E-state index in [0.717, 1.165) is 36.8 Å². The van der Waals surface area contributed by atoms with Crippen LogP contribution in [0.4, 0.5) is 0 Å². The van der Waals surface area contributed by atoms with Gasteiger partial charge in [-0.15, -0.1) is 0 Å². The summed E-state index contributed by atoms with van der Waals surface area (Å²) in [5, 5.41) is 0.745. The van der Waals surface area contributed by atoms with Crippen molar-refractivity contribution in [2.24, 2.45) is 0 Å². The fraction of sp³-hybridized carbons (Fsp3) is 0.529. The summed E-state index contributed by atoms with van der Waals surface area (Å²) < 4.78 is 0. The molecule has 2 rings (SSSR count). The summed E-state index contributed by atoms with van der Waals surface area (Å²) in [5.74, 6) is 6.60. The lowest BCUT2D eigenvalue weighted by atomic mass is 10.1. The molecule has 3 heteroatoms. The summed E-state index contributed by atoms with van der Waals surface area (Å²) in [4.78, 5) is 4.99. The molecule has 2 atom stereocenters. The minimum absolute atomic E-state index is 0.281. The van der Waals surface area contributed by atoms with E-state index in [1.54, 1.807) is 0 Å². The van der Waals surface area contributed by atoms with Crippen molar-refractivity contribution in [3.05, 3.63) is 34.9 Å². The van der Waals surface area contributed by atoms with Gasteiger partial charge in [-0.3, -0.25) is 4.90 Å². The number of likely N-dealkylation sites (N-methyl/N-ethyl adjacent to an activating group) is 1. The van der Waals surface area contributed by atoms with Gasteiger partial charge in [0.25, 0.3) is 0 Å². The molecule has 1 aromatic rings. The summed E-state index contributed by atoms with van der Waals surface area (Å²) in [5.41, 5.74) is 0.990. The smallest absolute Gasteiger partial charge is 0.0692 e. The third-order valence-electron chi connectivity index (χ3n) is 3.96. The van der Waals surface area contributed by atoms with Crippen molar-refractivity contribution in [1.82, 2.24) is 9.80 Å². The quantitative estimate of drug-likeness (QED) is 0.772. The van der Waals surface area contributed by atoms with Gasteiger partial charge in [0.15, 0.2) is 0 Å². The van der Waals surface area contributed by atoms with Gasteiger partial charge in [0.2, 0.25) is 0 Å². The Bertz CT molecular complexity index is 503. The average molecular weight is 291 g/mol. The third-order valence-corrected chi connectivity index (χ3v) is 4.19. The number of benzene rings is 1. The van der Waals surface area contributed by atoms with Gasteiger partial charge in [-0.05, 0) is 38.6 Å². The van der Waals surface area contributed by atoms with Crippen LogP contribution in [-0.2, 0) is 0 Å². The zero-order chi connectivity index (χ0) is 14.5. The maximum absolute atomic E-state index is 5.98. The fourth-order valence-electron chi connectivity index (χ4n) is 2.75. The molecule has 0 bridgehead atoms. The zero-order valence-corrected chi connectivity index (χ0v) is 13.3. The van der Waals surface area contributed by atoms with Crippen LogP contribution >= 0.6 is 11.6 Å². The first-order valence-electron chi connectivity index (χ1n) is 7.35. The van der Waals surface area contributed by atoms with Crippen LogP contribution in [0.1, 0.15) is 26.3 Å². The molecule has 1 aliphatic rings. The molecular weight excluding hydrogens is 268 g/mol. The molecule has 20 heavy (non-hydrogen) atoms. The van der Waals surface area contributed by atoms with Gasteiger partial charge >= 0.3 is 0 Å². The van der Waals surface area contributed by atoms with E-state index in [0.29, 0.717) is 6.04 Å². The third kappa shape index (κ3) is 3.99. The molecule has 0 spiro atoms. The van der Waals surface area contributed by atoms with Gasteiger partial charge in [-0.1, -0.05) is 36.4 Å². The molecule has 1 fully saturated rings. The Hall–Kier alpha value is -1.01. The predicted molar refractivity (Wildman–Crippen MR) is 86.1 cm³/mol. The lowest BCUT2D eigenvalue weighted by Gasteiger charge is -2.41. The topological polar surface area (TPSA) is 6.48 Å². The van der Waals surface area contributed by atoms with Crippen LogP contribution in [0.5, 0.6) is 0 Å². The SMILES string of the molecule is CCN1CCN([C@H](C)C#Cc2cccc(Cl)c2)[C@@H](C)C1. The minimum atomic E-state index is 0.281. The Balaban J connectivity index is 2.00. The van der Waals surface area contributed by atoms with E-state index in [9.17, 15) is 0 Å². The maximum atomic E-state index is 5.98. The van der Waals surface area contributed by atoms with Crippen LogP contribution < -0.4 is 0 Å². The summed E-state index contributed by atoms with van der Waals surface area (Å²) in [7, 11) is 0. The second-order valence-electron chi connectivity index (χ2n) is 5.44. The lowest BCUT2D eigenvalue weighted by Crippen LogP contribution is -2.54. The summed E-state index contributed by atoms with van der Waals surface area (Å²) in [6, 6.07) is 8.58. The Morgan fingerprint density at radius 2 is 2.20 bits per heavy atom.